The summed E-state index contributed by atoms with van der Waals surface area (Å²) < 4.78 is 1.63. The van der Waals surface area contributed by atoms with Gasteiger partial charge in [0.2, 0.25) is 11.3 Å². The first kappa shape index (κ1) is 20.3. The van der Waals surface area contributed by atoms with Gasteiger partial charge in [-0.2, -0.15) is 5.10 Å². The minimum absolute atomic E-state index is 0.0524. The third-order valence-electron chi connectivity index (χ3n) is 5.97. The quantitative estimate of drug-likeness (QED) is 0.699. The molecule has 3 aromatic rings. The number of quaternary nitrogens is 1. The second-order valence-electron chi connectivity index (χ2n) is 8.39. The Morgan fingerprint density at radius 3 is 2.47 bits per heavy atom. The van der Waals surface area contributed by atoms with Gasteiger partial charge in [0, 0.05) is 10.9 Å². The van der Waals surface area contributed by atoms with E-state index in [0.717, 1.165) is 32.7 Å². The van der Waals surface area contributed by atoms with Crippen LogP contribution in [0, 0.1) is 0 Å². The average Bonchev–Trinajstić information content (AvgIpc) is 2.77. The summed E-state index contributed by atoms with van der Waals surface area (Å²) in [7, 11) is 0. The van der Waals surface area contributed by atoms with Gasteiger partial charge in [-0.05, 0) is 23.6 Å². The van der Waals surface area contributed by atoms with Crippen molar-refractivity contribution in [1.82, 2.24) is 14.7 Å². The van der Waals surface area contributed by atoms with Gasteiger partial charge < -0.3 is 9.80 Å². The zero-order valence-corrected chi connectivity index (χ0v) is 17.7. The van der Waals surface area contributed by atoms with Crippen molar-refractivity contribution in [3.8, 4) is 0 Å². The number of para-hydroxylation sites is 1. The molecule has 0 atom stereocenters. The number of fused-ring (bicyclic) bond motifs is 1. The van der Waals surface area contributed by atoms with Crippen LogP contribution in [0.25, 0.3) is 10.9 Å². The number of benzene rings is 2. The molecule has 1 aromatic heterocycles. The SMILES string of the molecule is CC(C)c1ccc(C[NH+]2CCN(C(=O)Cn3ncc(=O)c4ccccc43)CC2)cc1. The fourth-order valence-electron chi connectivity index (χ4n) is 4.07. The van der Waals surface area contributed by atoms with Crippen LogP contribution < -0.4 is 10.3 Å². The van der Waals surface area contributed by atoms with Crippen molar-refractivity contribution in [3.05, 3.63) is 76.1 Å². The van der Waals surface area contributed by atoms with Gasteiger partial charge in [-0.25, -0.2) is 0 Å². The summed E-state index contributed by atoms with van der Waals surface area (Å²) in [5.74, 6) is 0.604. The molecule has 4 rings (SSSR count). The molecule has 6 heteroatoms. The highest BCUT2D eigenvalue weighted by atomic mass is 16.2. The topological polar surface area (TPSA) is 59.6 Å². The largest absolute Gasteiger partial charge is 0.330 e. The molecule has 0 unspecified atom stereocenters. The maximum Gasteiger partial charge on any atom is 0.244 e. The maximum absolute atomic E-state index is 12.8. The normalized spacial score (nSPS) is 15.1. The third-order valence-corrected chi connectivity index (χ3v) is 5.97. The second-order valence-corrected chi connectivity index (χ2v) is 8.39. The van der Waals surface area contributed by atoms with Crippen molar-refractivity contribution in [3.63, 3.8) is 0 Å². The van der Waals surface area contributed by atoms with E-state index >= 15 is 0 Å². The number of hydrogen-bond acceptors (Lipinski definition) is 3. The van der Waals surface area contributed by atoms with Crippen LogP contribution in [0.2, 0.25) is 0 Å². The number of amides is 1. The number of carbonyl (C=O) groups is 1. The van der Waals surface area contributed by atoms with Crippen LogP contribution in [-0.2, 0) is 17.9 Å². The Morgan fingerprint density at radius 1 is 1.07 bits per heavy atom. The molecule has 30 heavy (non-hydrogen) atoms. The predicted octanol–water partition coefficient (Wildman–Crippen LogP) is 1.45. The van der Waals surface area contributed by atoms with Gasteiger partial charge in [0.15, 0.2) is 0 Å². The number of hydrogen-bond donors (Lipinski definition) is 1. The molecule has 156 valence electrons. The van der Waals surface area contributed by atoms with Crippen LogP contribution in [0.15, 0.2) is 59.5 Å². The molecule has 1 fully saturated rings. The van der Waals surface area contributed by atoms with Crippen molar-refractivity contribution in [2.24, 2.45) is 0 Å². The summed E-state index contributed by atoms with van der Waals surface area (Å²) in [4.78, 5) is 28.2. The van der Waals surface area contributed by atoms with Gasteiger partial charge in [-0.15, -0.1) is 0 Å². The number of piperazine rings is 1. The van der Waals surface area contributed by atoms with E-state index in [1.807, 2.05) is 23.1 Å². The summed E-state index contributed by atoms with van der Waals surface area (Å²) in [6.07, 6.45) is 1.29. The van der Waals surface area contributed by atoms with Gasteiger partial charge in [-0.3, -0.25) is 14.3 Å². The molecule has 0 spiro atoms. The van der Waals surface area contributed by atoms with E-state index in [1.165, 1.54) is 22.2 Å². The Labute approximate surface area is 176 Å². The van der Waals surface area contributed by atoms with E-state index in [9.17, 15) is 9.59 Å². The summed E-state index contributed by atoms with van der Waals surface area (Å²) in [5.41, 5.74) is 3.30. The Balaban J connectivity index is 1.35. The summed E-state index contributed by atoms with van der Waals surface area (Å²) in [6.45, 7) is 8.95. The van der Waals surface area contributed by atoms with Gasteiger partial charge in [-0.1, -0.05) is 50.2 Å². The van der Waals surface area contributed by atoms with Crippen molar-refractivity contribution >= 4 is 16.8 Å². The molecule has 2 aromatic carbocycles. The number of aromatic nitrogens is 2. The Bertz CT molecular complexity index is 1080. The van der Waals surface area contributed by atoms with Gasteiger partial charge in [0.1, 0.15) is 13.1 Å². The first-order chi connectivity index (χ1) is 14.5. The minimum atomic E-state index is -0.118. The molecule has 0 bridgehead atoms. The molecule has 6 nitrogen and oxygen atoms in total. The molecule has 1 aliphatic rings. The standard InChI is InChI=1S/C24H28N4O2/c1-18(2)20-9-7-19(8-10-20)16-26-11-13-27(14-12-26)24(30)17-28-22-6-4-3-5-21(22)23(29)15-25-28/h3-10,15,18H,11-14,16-17H2,1-2H3/p+1. The highest BCUT2D eigenvalue weighted by Crippen LogP contribution is 2.14. The first-order valence-corrected chi connectivity index (χ1v) is 10.7. The van der Waals surface area contributed by atoms with Crippen LogP contribution in [0.1, 0.15) is 30.9 Å². The number of nitrogens with zero attached hydrogens (tertiary/aromatic N) is 3. The number of nitrogens with one attached hydrogen (secondary N) is 1. The van der Waals surface area contributed by atoms with Crippen LogP contribution in [-0.4, -0.2) is 46.8 Å². The Kier molecular flexibility index (Phi) is 5.95. The van der Waals surface area contributed by atoms with Crippen LogP contribution >= 0.6 is 0 Å². The molecule has 1 amide bonds. The van der Waals surface area contributed by atoms with Gasteiger partial charge >= 0.3 is 0 Å². The van der Waals surface area contributed by atoms with Crippen LogP contribution in [0.3, 0.4) is 0 Å². The fourth-order valence-corrected chi connectivity index (χ4v) is 4.07. The molecular formula is C24H29N4O2+. The predicted molar refractivity (Wildman–Crippen MR) is 118 cm³/mol. The highest BCUT2D eigenvalue weighted by Gasteiger charge is 2.24. The first-order valence-electron chi connectivity index (χ1n) is 10.7. The molecule has 1 aliphatic heterocycles. The molecule has 1 saturated heterocycles. The zero-order chi connectivity index (χ0) is 21.1. The van der Waals surface area contributed by atoms with Crippen molar-refractivity contribution in [1.29, 1.82) is 0 Å². The summed E-state index contributed by atoms with van der Waals surface area (Å²) in [6, 6.07) is 16.2. The van der Waals surface area contributed by atoms with E-state index in [4.69, 9.17) is 0 Å². The van der Waals surface area contributed by atoms with E-state index in [0.29, 0.717) is 16.8 Å². The molecule has 0 radical (unpaired) electrons. The lowest BCUT2D eigenvalue weighted by molar-refractivity contribution is -0.917. The maximum atomic E-state index is 12.8. The lowest BCUT2D eigenvalue weighted by atomic mass is 10.0. The van der Waals surface area contributed by atoms with E-state index in [2.05, 4.69) is 43.2 Å². The zero-order valence-electron chi connectivity index (χ0n) is 17.7. The molecular weight excluding hydrogens is 376 g/mol. The number of rotatable bonds is 5. The lowest BCUT2D eigenvalue weighted by Gasteiger charge is -2.32. The molecule has 0 saturated carbocycles. The van der Waals surface area contributed by atoms with E-state index in [1.54, 1.807) is 10.7 Å². The van der Waals surface area contributed by atoms with Gasteiger partial charge in [0.25, 0.3) is 0 Å². The molecule has 0 aliphatic carbocycles. The third kappa shape index (κ3) is 4.44. The Morgan fingerprint density at radius 2 is 1.77 bits per heavy atom. The monoisotopic (exact) mass is 405 g/mol. The average molecular weight is 406 g/mol. The van der Waals surface area contributed by atoms with Crippen molar-refractivity contribution in [2.75, 3.05) is 26.2 Å². The lowest BCUT2D eigenvalue weighted by Crippen LogP contribution is -3.13. The van der Waals surface area contributed by atoms with E-state index < -0.39 is 0 Å². The minimum Gasteiger partial charge on any atom is -0.330 e. The van der Waals surface area contributed by atoms with Gasteiger partial charge in [0.05, 0.1) is 37.9 Å². The van der Waals surface area contributed by atoms with E-state index in [-0.39, 0.29) is 17.9 Å². The summed E-state index contributed by atoms with van der Waals surface area (Å²) in [5, 5.41) is 4.78. The molecule has 2 heterocycles. The second kappa shape index (κ2) is 8.79. The Hall–Kier alpha value is -2.99. The van der Waals surface area contributed by atoms with Crippen molar-refractivity contribution in [2.45, 2.75) is 32.9 Å². The fraction of sp³-hybridized carbons (Fsp3) is 0.375. The van der Waals surface area contributed by atoms with Crippen LogP contribution in [0.5, 0.6) is 0 Å². The summed E-state index contributed by atoms with van der Waals surface area (Å²) >= 11 is 0. The smallest absolute Gasteiger partial charge is 0.244 e. The number of carbonyl (C=O) groups excluding carboxylic acids is 1. The molecule has 1 N–H and O–H groups in total. The van der Waals surface area contributed by atoms with Crippen molar-refractivity contribution < 1.29 is 9.69 Å². The highest BCUT2D eigenvalue weighted by molar-refractivity contribution is 5.81. The van der Waals surface area contributed by atoms with Crippen LogP contribution in [0.4, 0.5) is 0 Å².